The Balaban J connectivity index is 1.30. The number of piperazine rings is 1. The minimum atomic E-state index is -0.293. The molecule has 0 bridgehead atoms. The van der Waals surface area contributed by atoms with Gasteiger partial charge in [0.25, 0.3) is 11.8 Å². The summed E-state index contributed by atoms with van der Waals surface area (Å²) in [4.78, 5) is 28.6. The van der Waals surface area contributed by atoms with Crippen molar-refractivity contribution >= 4 is 46.4 Å². The van der Waals surface area contributed by atoms with Gasteiger partial charge in [-0.25, -0.2) is 0 Å². The Morgan fingerprint density at radius 2 is 1.85 bits per heavy atom. The predicted octanol–water partition coefficient (Wildman–Crippen LogP) is 4.87. The lowest BCUT2D eigenvalue weighted by atomic mass is 10.2. The Kier molecular flexibility index (Phi) is 7.11. The summed E-state index contributed by atoms with van der Waals surface area (Å²) < 4.78 is 10.8. The number of halogens is 2. The van der Waals surface area contributed by atoms with Crippen molar-refractivity contribution < 1.29 is 18.7 Å². The Labute approximate surface area is 201 Å². The van der Waals surface area contributed by atoms with Crippen LogP contribution in [0.1, 0.15) is 16.1 Å². The van der Waals surface area contributed by atoms with E-state index in [9.17, 15) is 9.59 Å². The summed E-state index contributed by atoms with van der Waals surface area (Å²) in [7, 11) is 0. The number of rotatable bonds is 6. The Morgan fingerprint density at radius 3 is 2.52 bits per heavy atom. The zero-order chi connectivity index (χ0) is 23.4. The van der Waals surface area contributed by atoms with E-state index in [-0.39, 0.29) is 18.4 Å². The summed E-state index contributed by atoms with van der Waals surface area (Å²) in [6.07, 6.45) is 1.49. The van der Waals surface area contributed by atoms with Gasteiger partial charge in [0.1, 0.15) is 5.75 Å². The van der Waals surface area contributed by atoms with E-state index in [0.29, 0.717) is 53.4 Å². The maximum atomic E-state index is 12.4. The molecule has 172 valence electrons. The highest BCUT2D eigenvalue weighted by Crippen LogP contribution is 2.30. The van der Waals surface area contributed by atoms with E-state index in [1.54, 1.807) is 47.4 Å². The number of amides is 2. The average Bonchev–Trinajstić information content (AvgIpc) is 3.33. The second-order valence-corrected chi connectivity index (χ2v) is 8.51. The van der Waals surface area contributed by atoms with E-state index in [2.05, 4.69) is 10.2 Å². The molecule has 0 spiro atoms. The maximum Gasteiger partial charge on any atom is 0.289 e. The predicted molar refractivity (Wildman–Crippen MR) is 129 cm³/mol. The second kappa shape index (κ2) is 10.2. The van der Waals surface area contributed by atoms with Crippen molar-refractivity contribution in [1.29, 1.82) is 0 Å². The lowest BCUT2D eigenvalue weighted by molar-refractivity contribution is -0.118. The fourth-order valence-electron chi connectivity index (χ4n) is 3.66. The number of benzene rings is 2. The average molecular weight is 488 g/mol. The number of hydrogen-bond donors (Lipinski definition) is 1. The van der Waals surface area contributed by atoms with E-state index in [1.807, 2.05) is 13.0 Å². The van der Waals surface area contributed by atoms with Crippen LogP contribution in [0.3, 0.4) is 0 Å². The molecule has 9 heteroatoms. The van der Waals surface area contributed by atoms with Gasteiger partial charge < -0.3 is 24.3 Å². The molecule has 4 rings (SSSR count). The lowest BCUT2D eigenvalue weighted by Gasteiger charge is -2.36. The SMILES string of the molecule is Cc1cc(Cl)ccc1OCC(=O)Nc1ccc(N2CCN(C(=O)c3ccco3)CC2)c(Cl)c1. The molecule has 2 heterocycles. The molecule has 33 heavy (non-hydrogen) atoms. The first-order chi connectivity index (χ1) is 15.9. The molecule has 0 aliphatic carbocycles. The van der Waals surface area contributed by atoms with Crippen LogP contribution in [0.15, 0.2) is 59.2 Å². The first kappa shape index (κ1) is 23.0. The third-order valence-corrected chi connectivity index (χ3v) is 5.90. The highest BCUT2D eigenvalue weighted by Gasteiger charge is 2.24. The third kappa shape index (κ3) is 5.61. The van der Waals surface area contributed by atoms with Gasteiger partial charge in [-0.3, -0.25) is 9.59 Å². The van der Waals surface area contributed by atoms with E-state index in [1.165, 1.54) is 6.26 Å². The standard InChI is InChI=1S/C24H23Cl2N3O4/c1-16-13-17(25)4-7-21(16)33-15-23(30)27-18-5-6-20(19(26)14-18)28-8-10-29(11-9-28)24(31)22-3-2-12-32-22/h2-7,12-14H,8-11,15H2,1H3,(H,27,30). The van der Waals surface area contributed by atoms with Gasteiger partial charge in [0, 0.05) is 36.9 Å². The molecule has 0 unspecified atom stereocenters. The summed E-state index contributed by atoms with van der Waals surface area (Å²) in [5.41, 5.74) is 2.29. The number of ether oxygens (including phenoxy) is 1. The highest BCUT2D eigenvalue weighted by atomic mass is 35.5. The zero-order valence-electron chi connectivity index (χ0n) is 18.0. The van der Waals surface area contributed by atoms with Crippen molar-refractivity contribution in [2.45, 2.75) is 6.92 Å². The summed E-state index contributed by atoms with van der Waals surface area (Å²) in [5, 5.41) is 3.93. The van der Waals surface area contributed by atoms with Gasteiger partial charge in [0.05, 0.1) is 17.0 Å². The molecule has 1 fully saturated rings. The number of carbonyl (C=O) groups excluding carboxylic acids is 2. The van der Waals surface area contributed by atoms with Crippen molar-refractivity contribution in [3.05, 3.63) is 76.2 Å². The molecule has 2 amide bonds. The van der Waals surface area contributed by atoms with Crippen molar-refractivity contribution in [3.63, 3.8) is 0 Å². The molecule has 1 aliphatic rings. The van der Waals surface area contributed by atoms with Crippen LogP contribution >= 0.6 is 23.2 Å². The second-order valence-electron chi connectivity index (χ2n) is 7.67. The Hall–Kier alpha value is -3.16. The fraction of sp³-hybridized carbons (Fsp3) is 0.250. The number of hydrogen-bond acceptors (Lipinski definition) is 5. The molecular formula is C24H23Cl2N3O4. The van der Waals surface area contributed by atoms with Crippen molar-refractivity contribution in [1.82, 2.24) is 4.90 Å². The number of carbonyl (C=O) groups is 2. The van der Waals surface area contributed by atoms with Gasteiger partial charge in [0.15, 0.2) is 12.4 Å². The van der Waals surface area contributed by atoms with E-state index >= 15 is 0 Å². The minimum Gasteiger partial charge on any atom is -0.483 e. The maximum absolute atomic E-state index is 12.4. The molecule has 0 saturated carbocycles. The van der Waals surface area contributed by atoms with Crippen molar-refractivity contribution in [2.75, 3.05) is 43.0 Å². The summed E-state index contributed by atoms with van der Waals surface area (Å²) in [6, 6.07) is 14.0. The number of aryl methyl sites for hydroxylation is 1. The molecular weight excluding hydrogens is 465 g/mol. The van der Waals surface area contributed by atoms with Crippen LogP contribution in [0.2, 0.25) is 10.0 Å². The number of anilines is 2. The van der Waals surface area contributed by atoms with Crippen LogP contribution in [0.25, 0.3) is 0 Å². The largest absolute Gasteiger partial charge is 0.483 e. The quantitative estimate of drug-likeness (QED) is 0.536. The van der Waals surface area contributed by atoms with Gasteiger partial charge in [-0.1, -0.05) is 23.2 Å². The topological polar surface area (TPSA) is 75.0 Å². The van der Waals surface area contributed by atoms with Gasteiger partial charge >= 0.3 is 0 Å². The first-order valence-corrected chi connectivity index (χ1v) is 11.2. The molecule has 0 atom stereocenters. The minimum absolute atomic E-state index is 0.111. The number of nitrogens with zero attached hydrogens (tertiary/aromatic N) is 2. The molecule has 3 aromatic rings. The summed E-state index contributed by atoms with van der Waals surface area (Å²) in [5.74, 6) is 0.544. The molecule has 7 nitrogen and oxygen atoms in total. The first-order valence-electron chi connectivity index (χ1n) is 10.5. The monoisotopic (exact) mass is 487 g/mol. The van der Waals surface area contributed by atoms with Crippen molar-refractivity contribution in [3.8, 4) is 5.75 Å². The van der Waals surface area contributed by atoms with Crippen LogP contribution in [0.5, 0.6) is 5.75 Å². The molecule has 2 aromatic carbocycles. The Morgan fingerprint density at radius 1 is 1.06 bits per heavy atom. The molecule has 1 saturated heterocycles. The highest BCUT2D eigenvalue weighted by molar-refractivity contribution is 6.33. The van der Waals surface area contributed by atoms with E-state index < -0.39 is 0 Å². The van der Waals surface area contributed by atoms with Crippen LogP contribution in [0.4, 0.5) is 11.4 Å². The van der Waals surface area contributed by atoms with E-state index in [0.717, 1.165) is 11.3 Å². The van der Waals surface area contributed by atoms with E-state index in [4.69, 9.17) is 32.4 Å². The molecule has 1 aliphatic heterocycles. The van der Waals surface area contributed by atoms with Crippen LogP contribution < -0.4 is 15.0 Å². The van der Waals surface area contributed by atoms with Gasteiger partial charge in [0.2, 0.25) is 0 Å². The fourth-order valence-corrected chi connectivity index (χ4v) is 4.19. The number of furan rings is 1. The zero-order valence-corrected chi connectivity index (χ0v) is 19.5. The summed E-state index contributed by atoms with van der Waals surface area (Å²) in [6.45, 7) is 4.15. The Bertz CT molecular complexity index is 1140. The summed E-state index contributed by atoms with van der Waals surface area (Å²) >= 11 is 12.4. The van der Waals surface area contributed by atoms with Gasteiger partial charge in [-0.15, -0.1) is 0 Å². The van der Waals surface area contributed by atoms with Crippen LogP contribution in [-0.2, 0) is 4.79 Å². The third-order valence-electron chi connectivity index (χ3n) is 5.37. The van der Waals surface area contributed by atoms with Crippen LogP contribution in [0, 0.1) is 6.92 Å². The smallest absolute Gasteiger partial charge is 0.289 e. The molecule has 0 radical (unpaired) electrons. The van der Waals surface area contributed by atoms with Crippen molar-refractivity contribution in [2.24, 2.45) is 0 Å². The normalized spacial score (nSPS) is 13.7. The molecule has 1 N–H and O–H groups in total. The number of nitrogens with one attached hydrogen (secondary N) is 1. The van der Waals surface area contributed by atoms with Gasteiger partial charge in [-0.05, 0) is 61.0 Å². The lowest BCUT2D eigenvalue weighted by Crippen LogP contribution is -2.48. The van der Waals surface area contributed by atoms with Gasteiger partial charge in [-0.2, -0.15) is 0 Å². The molecule has 1 aromatic heterocycles. The van der Waals surface area contributed by atoms with Crippen LogP contribution in [-0.4, -0.2) is 49.5 Å².